The number of carbonyl (C=O) groups is 4. The van der Waals surface area contributed by atoms with Crippen LogP contribution < -0.4 is 10.9 Å². The summed E-state index contributed by atoms with van der Waals surface area (Å²) >= 11 is 0. The van der Waals surface area contributed by atoms with Gasteiger partial charge in [-0.1, -0.05) is 83.9 Å². The van der Waals surface area contributed by atoms with Gasteiger partial charge in [-0.25, -0.2) is 19.5 Å². The number of ether oxygens (including phenoxy) is 2. The number of hydrogen-bond donors (Lipinski definition) is 2. The molecule has 3 fully saturated rings. The number of aromatic nitrogens is 4. The standard InChI is InChI=1S/C58H75FN12O7.2C3H8.H2/c1-2-16-69(55(73)41-68-38-47-36-60-42-62-53(47)39-68)19-14-43-6-5-7-46(33-43)56(74)61-15-29-77-31-32-78-30-28-65-17-12-44(13-18-65)37-66-20-22-67(23-21-66)40-54(72)70-24-26-71(27-25-70)58(76)50-34-45(10-11-51(50)59)35-52-48-8-3-4-9-49(48)57(75)64-63-52;2*1-3-2;/h3-11,33-34,36,42,44H,2,12-32,35,37-41H2,1H3,(H,61,74)(H,64,75);2*3H2,1-2H3;1H. The first kappa shape index (κ1) is 65.0. The zero-order chi connectivity index (χ0) is 59.6. The average Bonchev–Trinajstić information content (AvgIpc) is 4.08. The lowest BCUT2D eigenvalue weighted by molar-refractivity contribution is -0.134. The number of hydrogen-bond acceptors (Lipinski definition) is 14. The summed E-state index contributed by atoms with van der Waals surface area (Å²) in [6, 6.07) is 19.3. The lowest BCUT2D eigenvalue weighted by atomic mass is 9.96. The molecule has 6 heterocycles. The van der Waals surface area contributed by atoms with Crippen molar-refractivity contribution in [2.24, 2.45) is 5.92 Å². The monoisotopic (exact) mass is 1160 g/mol. The molecule has 0 atom stereocenters. The van der Waals surface area contributed by atoms with Crippen LogP contribution >= 0.6 is 0 Å². The minimum atomic E-state index is -0.597. The summed E-state index contributed by atoms with van der Waals surface area (Å²) in [7, 11) is 0. The maximum atomic E-state index is 15.1. The zero-order valence-electron chi connectivity index (χ0n) is 50.5. The van der Waals surface area contributed by atoms with Crippen molar-refractivity contribution in [3.63, 3.8) is 0 Å². The van der Waals surface area contributed by atoms with E-state index in [1.54, 1.807) is 35.5 Å². The maximum Gasteiger partial charge on any atom is 0.272 e. The summed E-state index contributed by atoms with van der Waals surface area (Å²) in [5.41, 5.74) is 4.71. The van der Waals surface area contributed by atoms with Gasteiger partial charge in [-0.2, -0.15) is 5.10 Å². The Morgan fingerprint density at radius 2 is 1.43 bits per heavy atom. The molecule has 2 N–H and O–H groups in total. The maximum absolute atomic E-state index is 15.1. The Hall–Kier alpha value is -6.55. The quantitative estimate of drug-likeness (QED) is 0.0646. The fraction of sp³-hybridized carbons (Fsp3) is 0.562. The number of fused-ring (bicyclic) bond motifs is 2. The fourth-order valence-electron chi connectivity index (χ4n) is 11.0. The summed E-state index contributed by atoms with van der Waals surface area (Å²) in [4.78, 5) is 88.6. The fourth-order valence-corrected chi connectivity index (χ4v) is 11.0. The number of nitrogens with zero attached hydrogens (tertiary/aromatic N) is 10. The van der Waals surface area contributed by atoms with Crippen LogP contribution in [0.5, 0.6) is 0 Å². The number of H-pyrrole nitrogens is 1. The third-order valence-electron chi connectivity index (χ3n) is 15.5. The number of rotatable bonds is 24. The van der Waals surface area contributed by atoms with Gasteiger partial charge in [-0.15, -0.1) is 0 Å². The molecule has 20 heteroatoms. The molecule has 4 aliphatic rings. The molecule has 19 nitrogen and oxygen atoms in total. The number of nitrogens with one attached hydrogen (secondary N) is 2. The van der Waals surface area contributed by atoms with Gasteiger partial charge in [-0.05, 0) is 86.1 Å². The number of likely N-dealkylation sites (tertiary alicyclic amines) is 1. The van der Waals surface area contributed by atoms with Crippen molar-refractivity contribution in [3.05, 3.63) is 135 Å². The van der Waals surface area contributed by atoms with E-state index in [1.807, 2.05) is 52.4 Å². The molecule has 3 saturated heterocycles. The van der Waals surface area contributed by atoms with Gasteiger partial charge in [0.25, 0.3) is 17.4 Å². The van der Waals surface area contributed by atoms with Crippen LogP contribution in [0.15, 0.2) is 84.0 Å². The van der Waals surface area contributed by atoms with Gasteiger partial charge < -0.3 is 39.3 Å². The number of halogens is 1. The SMILES string of the molecule is CCC.CCC.CCCN(CCc1cccc(C(=O)NCCOCCOCCN2CCC(CN3CCN(CC(=O)N4CCN(C(=O)c5cc(Cc6n[nH]c(=O)c7ccccc67)ccc5F)CC4)CC3)CC2)c1)C(=O)CN1Cc2cncnc2C1.[HH]. The highest BCUT2D eigenvalue weighted by atomic mass is 19.1. The largest absolute Gasteiger partial charge is 0.378 e. The van der Waals surface area contributed by atoms with Gasteiger partial charge in [0.15, 0.2) is 0 Å². The molecule has 0 radical (unpaired) electrons. The molecule has 84 heavy (non-hydrogen) atoms. The summed E-state index contributed by atoms with van der Waals surface area (Å²) in [6.07, 6.45) is 10.0. The number of amides is 4. The lowest BCUT2D eigenvalue weighted by Gasteiger charge is -2.40. The minimum absolute atomic E-state index is 0. The van der Waals surface area contributed by atoms with Gasteiger partial charge in [0, 0.05) is 129 Å². The first-order valence-corrected chi connectivity index (χ1v) is 30.7. The molecule has 0 unspecified atom stereocenters. The number of benzene rings is 3. The van der Waals surface area contributed by atoms with E-state index in [9.17, 15) is 24.0 Å². The second kappa shape index (κ2) is 34.4. The Morgan fingerprint density at radius 1 is 0.726 bits per heavy atom. The van der Waals surface area contributed by atoms with E-state index in [0.717, 1.165) is 88.4 Å². The van der Waals surface area contributed by atoms with Crippen LogP contribution in [0.25, 0.3) is 10.8 Å². The highest BCUT2D eigenvalue weighted by Crippen LogP contribution is 2.23. The third-order valence-corrected chi connectivity index (χ3v) is 15.5. The Bertz CT molecular complexity index is 2900. The highest BCUT2D eigenvalue weighted by molar-refractivity contribution is 5.95. The molecule has 0 saturated carbocycles. The molecule has 5 aromatic rings. The lowest BCUT2D eigenvalue weighted by Crippen LogP contribution is -2.55. The van der Waals surface area contributed by atoms with Gasteiger partial charge in [0.2, 0.25) is 11.8 Å². The first-order valence-electron chi connectivity index (χ1n) is 30.7. The number of piperazine rings is 2. The molecule has 9 rings (SSSR count). The van der Waals surface area contributed by atoms with Crippen LogP contribution in [0.2, 0.25) is 0 Å². The minimum Gasteiger partial charge on any atom is -0.378 e. The van der Waals surface area contributed by atoms with Gasteiger partial charge in [-0.3, -0.25) is 33.8 Å². The number of piperidine rings is 1. The molecular weight excluding hydrogens is 1070 g/mol. The Morgan fingerprint density at radius 3 is 2.15 bits per heavy atom. The van der Waals surface area contributed by atoms with E-state index in [0.29, 0.717) is 145 Å². The van der Waals surface area contributed by atoms with Crippen molar-refractivity contribution in [2.75, 3.05) is 138 Å². The van der Waals surface area contributed by atoms with E-state index >= 15 is 4.39 Å². The molecule has 0 aliphatic carbocycles. The molecule has 0 bridgehead atoms. The summed E-state index contributed by atoms with van der Waals surface area (Å²) in [6.45, 7) is 25.4. The van der Waals surface area contributed by atoms with Crippen LogP contribution in [0.1, 0.15) is 117 Å². The van der Waals surface area contributed by atoms with Crippen molar-refractivity contribution < 1.29 is 34.5 Å². The van der Waals surface area contributed by atoms with Crippen LogP contribution in [0.4, 0.5) is 4.39 Å². The predicted molar refractivity (Wildman–Crippen MR) is 327 cm³/mol. The normalized spacial score (nSPS) is 16.1. The molecule has 2 aromatic heterocycles. The van der Waals surface area contributed by atoms with Crippen LogP contribution in [-0.4, -0.2) is 216 Å². The molecule has 3 aromatic carbocycles. The molecular formula is C64H93FN12O7. The van der Waals surface area contributed by atoms with Crippen molar-refractivity contribution in [1.82, 2.24) is 59.8 Å². The van der Waals surface area contributed by atoms with E-state index in [2.05, 4.69) is 79.7 Å². The van der Waals surface area contributed by atoms with Crippen LogP contribution in [0, 0.1) is 11.7 Å². The third kappa shape index (κ3) is 19.8. The molecule has 4 aliphatic heterocycles. The predicted octanol–water partition coefficient (Wildman–Crippen LogP) is 6.40. The van der Waals surface area contributed by atoms with E-state index < -0.39 is 11.7 Å². The number of carbonyl (C=O) groups excluding carboxylic acids is 4. The van der Waals surface area contributed by atoms with Gasteiger partial charge >= 0.3 is 0 Å². The molecule has 0 spiro atoms. The van der Waals surface area contributed by atoms with Crippen molar-refractivity contribution in [2.45, 2.75) is 92.7 Å². The first-order chi connectivity index (χ1) is 40.9. The number of aromatic amines is 1. The van der Waals surface area contributed by atoms with Crippen LogP contribution in [0.3, 0.4) is 0 Å². The highest BCUT2D eigenvalue weighted by Gasteiger charge is 2.30. The van der Waals surface area contributed by atoms with Crippen molar-refractivity contribution in [3.8, 4) is 0 Å². The van der Waals surface area contributed by atoms with Crippen molar-refractivity contribution in [1.29, 1.82) is 0 Å². The van der Waals surface area contributed by atoms with Crippen LogP contribution in [-0.2, 0) is 45.0 Å². The Kier molecular flexibility index (Phi) is 26.6. The second-order valence-corrected chi connectivity index (χ2v) is 22.4. The van der Waals surface area contributed by atoms with E-state index in [1.165, 1.54) is 18.9 Å². The summed E-state index contributed by atoms with van der Waals surface area (Å²) < 4.78 is 26.7. The van der Waals surface area contributed by atoms with E-state index in [4.69, 9.17) is 9.47 Å². The summed E-state index contributed by atoms with van der Waals surface area (Å²) in [5.74, 6) is -0.342. The Labute approximate surface area is 497 Å². The zero-order valence-corrected chi connectivity index (χ0v) is 50.5. The topological polar surface area (TPSA) is 193 Å². The smallest absolute Gasteiger partial charge is 0.272 e. The molecule has 4 amide bonds. The average molecular weight is 1160 g/mol. The molecule has 458 valence electrons. The van der Waals surface area contributed by atoms with E-state index in [-0.39, 0.29) is 30.3 Å². The second-order valence-electron chi connectivity index (χ2n) is 22.4. The van der Waals surface area contributed by atoms with Gasteiger partial charge in [0.05, 0.1) is 61.9 Å². The van der Waals surface area contributed by atoms with Crippen molar-refractivity contribution >= 4 is 34.4 Å². The summed E-state index contributed by atoms with van der Waals surface area (Å²) in [5, 5.41) is 11.0. The van der Waals surface area contributed by atoms with Gasteiger partial charge in [0.1, 0.15) is 12.1 Å². The Balaban J connectivity index is 0.00000159.